The Labute approximate surface area is 169 Å². The maximum atomic E-state index is 12.4. The molecular formula is C19H22Cl2N4O2. The number of nitrogens with one attached hydrogen (secondary N) is 1. The molecule has 2 aliphatic heterocycles. The Balaban J connectivity index is 1.48. The SMILES string of the molecule is N#CC1CCCN(C2CCN(C(=O)CNC(=O)c3ccc(Cl)c(Cl)c3)C2)C1. The first kappa shape index (κ1) is 19.9. The zero-order valence-electron chi connectivity index (χ0n) is 15.0. The van der Waals surface area contributed by atoms with Gasteiger partial charge in [0.25, 0.3) is 5.91 Å². The van der Waals surface area contributed by atoms with Gasteiger partial charge in [-0.05, 0) is 44.0 Å². The first-order valence-corrected chi connectivity index (χ1v) is 9.88. The Hall–Kier alpha value is -1.81. The van der Waals surface area contributed by atoms with Crippen molar-refractivity contribution in [3.8, 4) is 6.07 Å². The molecular weight excluding hydrogens is 387 g/mol. The highest BCUT2D eigenvalue weighted by Crippen LogP contribution is 2.24. The first-order chi connectivity index (χ1) is 13.0. The van der Waals surface area contributed by atoms with Crippen molar-refractivity contribution in [1.29, 1.82) is 5.26 Å². The smallest absolute Gasteiger partial charge is 0.251 e. The lowest BCUT2D eigenvalue weighted by Gasteiger charge is -2.34. The van der Waals surface area contributed by atoms with Crippen LogP contribution in [0.25, 0.3) is 0 Å². The average Bonchev–Trinajstić information content (AvgIpc) is 3.18. The minimum absolute atomic E-state index is 0.0490. The van der Waals surface area contributed by atoms with Gasteiger partial charge in [-0.1, -0.05) is 23.2 Å². The van der Waals surface area contributed by atoms with E-state index in [2.05, 4.69) is 16.3 Å². The van der Waals surface area contributed by atoms with Crippen LogP contribution in [0.2, 0.25) is 10.0 Å². The number of rotatable bonds is 4. The first-order valence-electron chi connectivity index (χ1n) is 9.12. The van der Waals surface area contributed by atoms with Gasteiger partial charge in [-0.25, -0.2) is 0 Å². The molecule has 27 heavy (non-hydrogen) atoms. The van der Waals surface area contributed by atoms with Crippen LogP contribution in [-0.2, 0) is 4.79 Å². The minimum Gasteiger partial charge on any atom is -0.343 e. The number of hydrogen-bond donors (Lipinski definition) is 1. The van der Waals surface area contributed by atoms with Gasteiger partial charge in [-0.2, -0.15) is 5.26 Å². The zero-order chi connectivity index (χ0) is 19.4. The molecule has 0 aromatic heterocycles. The summed E-state index contributed by atoms with van der Waals surface area (Å²) in [5, 5.41) is 12.5. The monoisotopic (exact) mass is 408 g/mol. The average molecular weight is 409 g/mol. The molecule has 8 heteroatoms. The van der Waals surface area contributed by atoms with E-state index in [-0.39, 0.29) is 24.3 Å². The zero-order valence-corrected chi connectivity index (χ0v) is 16.5. The summed E-state index contributed by atoms with van der Waals surface area (Å²) in [6.45, 7) is 3.06. The standard InChI is InChI=1S/C19H22Cl2N4O2/c20-16-4-3-14(8-17(16)21)19(27)23-10-18(26)25-7-5-15(12-25)24-6-1-2-13(9-22)11-24/h3-4,8,13,15H,1-2,5-7,10-12H2,(H,23,27). The molecule has 2 unspecified atom stereocenters. The molecule has 3 rings (SSSR count). The van der Waals surface area contributed by atoms with Gasteiger partial charge in [0.05, 0.1) is 28.6 Å². The fourth-order valence-electron chi connectivity index (χ4n) is 3.72. The van der Waals surface area contributed by atoms with Crippen molar-refractivity contribution < 1.29 is 9.59 Å². The molecule has 2 amide bonds. The molecule has 0 radical (unpaired) electrons. The highest BCUT2D eigenvalue weighted by atomic mass is 35.5. The summed E-state index contributed by atoms with van der Waals surface area (Å²) in [5.74, 6) is -0.362. The second-order valence-electron chi connectivity index (χ2n) is 7.06. The highest BCUT2D eigenvalue weighted by Gasteiger charge is 2.33. The van der Waals surface area contributed by atoms with E-state index in [4.69, 9.17) is 28.5 Å². The van der Waals surface area contributed by atoms with Crippen LogP contribution in [-0.4, -0.2) is 60.4 Å². The van der Waals surface area contributed by atoms with Gasteiger partial charge in [-0.15, -0.1) is 0 Å². The molecule has 1 aromatic rings. The molecule has 2 saturated heterocycles. The summed E-state index contributed by atoms with van der Waals surface area (Å²) in [5.41, 5.74) is 0.368. The lowest BCUT2D eigenvalue weighted by Crippen LogP contribution is -2.45. The maximum Gasteiger partial charge on any atom is 0.251 e. The lowest BCUT2D eigenvalue weighted by molar-refractivity contribution is -0.129. The molecule has 2 heterocycles. The topological polar surface area (TPSA) is 76.4 Å². The molecule has 0 saturated carbocycles. The second kappa shape index (κ2) is 8.92. The van der Waals surface area contributed by atoms with Gasteiger partial charge in [0.15, 0.2) is 0 Å². The summed E-state index contributed by atoms with van der Waals surface area (Å²) in [6.07, 6.45) is 2.90. The van der Waals surface area contributed by atoms with Crippen LogP contribution < -0.4 is 5.32 Å². The Morgan fingerprint density at radius 2 is 2.00 bits per heavy atom. The van der Waals surface area contributed by atoms with E-state index in [0.717, 1.165) is 32.4 Å². The van der Waals surface area contributed by atoms with Gasteiger partial charge < -0.3 is 10.2 Å². The van der Waals surface area contributed by atoms with Gasteiger partial charge in [0, 0.05) is 31.2 Å². The van der Waals surface area contributed by atoms with Crippen LogP contribution >= 0.6 is 23.2 Å². The summed E-state index contributed by atoms with van der Waals surface area (Å²) < 4.78 is 0. The maximum absolute atomic E-state index is 12.4. The molecule has 2 aliphatic rings. The molecule has 0 spiro atoms. The van der Waals surface area contributed by atoms with Gasteiger partial charge in [-0.3, -0.25) is 14.5 Å². The molecule has 2 fully saturated rings. The number of carbonyl (C=O) groups excluding carboxylic acids is 2. The van der Waals surface area contributed by atoms with Crippen molar-refractivity contribution in [2.24, 2.45) is 5.92 Å². The number of amides is 2. The van der Waals surface area contributed by atoms with Crippen LogP contribution in [0.15, 0.2) is 18.2 Å². The fourth-order valence-corrected chi connectivity index (χ4v) is 4.02. The number of halogens is 2. The van der Waals surface area contributed by atoms with E-state index in [1.54, 1.807) is 17.0 Å². The quantitative estimate of drug-likeness (QED) is 0.830. The van der Waals surface area contributed by atoms with Crippen molar-refractivity contribution in [2.45, 2.75) is 25.3 Å². The third kappa shape index (κ3) is 4.92. The highest BCUT2D eigenvalue weighted by molar-refractivity contribution is 6.42. The molecule has 144 valence electrons. The summed E-state index contributed by atoms with van der Waals surface area (Å²) in [7, 11) is 0. The summed E-state index contributed by atoms with van der Waals surface area (Å²) >= 11 is 11.8. The Kier molecular flexibility index (Phi) is 6.59. The van der Waals surface area contributed by atoms with Gasteiger partial charge >= 0.3 is 0 Å². The van der Waals surface area contributed by atoms with E-state index in [9.17, 15) is 9.59 Å². The van der Waals surface area contributed by atoms with Crippen LogP contribution in [0.4, 0.5) is 0 Å². The molecule has 0 aliphatic carbocycles. The van der Waals surface area contributed by atoms with Crippen LogP contribution in [0.1, 0.15) is 29.6 Å². The lowest BCUT2D eigenvalue weighted by atomic mass is 9.98. The molecule has 0 bridgehead atoms. The number of likely N-dealkylation sites (tertiary alicyclic amines) is 2. The van der Waals surface area contributed by atoms with Crippen molar-refractivity contribution >= 4 is 35.0 Å². The van der Waals surface area contributed by atoms with Gasteiger partial charge in [0.1, 0.15) is 0 Å². The predicted molar refractivity (Wildman–Crippen MR) is 104 cm³/mol. The Bertz CT molecular complexity index is 765. The molecule has 1 N–H and O–H groups in total. The largest absolute Gasteiger partial charge is 0.343 e. The van der Waals surface area contributed by atoms with E-state index in [1.165, 1.54) is 6.07 Å². The van der Waals surface area contributed by atoms with E-state index < -0.39 is 0 Å². The predicted octanol–water partition coefficient (Wildman–Crippen LogP) is 2.56. The molecule has 1 aromatic carbocycles. The Morgan fingerprint density at radius 1 is 1.19 bits per heavy atom. The van der Waals surface area contributed by atoms with Crippen LogP contribution in [0, 0.1) is 17.2 Å². The van der Waals surface area contributed by atoms with Crippen molar-refractivity contribution in [2.75, 3.05) is 32.7 Å². The number of piperidine rings is 1. The van der Waals surface area contributed by atoms with E-state index >= 15 is 0 Å². The normalized spacial score (nSPS) is 23.1. The van der Waals surface area contributed by atoms with Crippen LogP contribution in [0.3, 0.4) is 0 Å². The second-order valence-corrected chi connectivity index (χ2v) is 7.87. The van der Waals surface area contributed by atoms with E-state index in [0.29, 0.717) is 34.7 Å². The number of benzene rings is 1. The van der Waals surface area contributed by atoms with Crippen molar-refractivity contribution in [3.05, 3.63) is 33.8 Å². The van der Waals surface area contributed by atoms with Crippen LogP contribution in [0.5, 0.6) is 0 Å². The fraction of sp³-hybridized carbons (Fsp3) is 0.526. The number of nitrogens with zero attached hydrogens (tertiary/aromatic N) is 3. The number of nitriles is 1. The van der Waals surface area contributed by atoms with Crippen molar-refractivity contribution in [1.82, 2.24) is 15.1 Å². The number of carbonyl (C=O) groups is 2. The van der Waals surface area contributed by atoms with Crippen molar-refractivity contribution in [3.63, 3.8) is 0 Å². The van der Waals surface area contributed by atoms with E-state index in [1.807, 2.05) is 0 Å². The van der Waals surface area contributed by atoms with Gasteiger partial charge in [0.2, 0.25) is 5.91 Å². The molecule has 6 nitrogen and oxygen atoms in total. The third-order valence-electron chi connectivity index (χ3n) is 5.25. The Morgan fingerprint density at radius 3 is 2.74 bits per heavy atom. The number of hydrogen-bond acceptors (Lipinski definition) is 4. The summed E-state index contributed by atoms with van der Waals surface area (Å²) in [6, 6.07) is 7.27. The summed E-state index contributed by atoms with van der Waals surface area (Å²) in [4.78, 5) is 28.7. The third-order valence-corrected chi connectivity index (χ3v) is 5.99. The molecule has 2 atom stereocenters. The minimum atomic E-state index is -0.356.